The van der Waals surface area contributed by atoms with E-state index in [9.17, 15) is 0 Å². The van der Waals surface area contributed by atoms with Gasteiger partial charge < -0.3 is 0 Å². The molecule has 0 bridgehead atoms. The minimum absolute atomic E-state index is 0.278. The van der Waals surface area contributed by atoms with E-state index >= 15 is 0 Å². The molecule has 0 aromatic carbocycles. The Morgan fingerprint density at radius 2 is 0.824 bits per heavy atom. The third-order valence-corrected chi connectivity index (χ3v) is 75.3. The average Bonchev–Trinajstić information content (AvgIpc) is 2.59. The van der Waals surface area contributed by atoms with Crippen LogP contribution in [0.4, 0.5) is 0 Å². The summed E-state index contributed by atoms with van der Waals surface area (Å²) in [4.78, 5) is 5.79. The first-order valence-electron chi connectivity index (χ1n) is 6.58. The summed E-state index contributed by atoms with van der Waals surface area (Å²) in [5.41, 5.74) is 3.53. The van der Waals surface area contributed by atoms with Crippen LogP contribution in [-0.4, -0.2) is 55.7 Å². The molecule has 0 spiro atoms. The SMILES string of the molecule is CC(C)[P+]1(C(C)C)[N-][P+](C(C)C)(C(C)C)[Te][Te]1. The summed E-state index contributed by atoms with van der Waals surface area (Å²) in [5, 5.41) is -1.72. The van der Waals surface area contributed by atoms with Crippen molar-refractivity contribution >= 4 is 43.2 Å². The topological polar surface area (TPSA) is 14.1 Å². The van der Waals surface area contributed by atoms with Crippen molar-refractivity contribution in [1.29, 1.82) is 0 Å². The Bertz CT molecular complexity index is 225. The summed E-state index contributed by atoms with van der Waals surface area (Å²) < 4.78 is 0. The van der Waals surface area contributed by atoms with Crippen LogP contribution in [0, 0.1) is 0 Å². The summed E-state index contributed by atoms with van der Waals surface area (Å²) in [6, 6.07) is 0. The van der Waals surface area contributed by atoms with E-state index in [0.29, 0.717) is 0 Å². The normalized spacial score (nSPS) is 23.3. The molecule has 1 fully saturated rings. The third-order valence-electron chi connectivity index (χ3n) is 3.51. The van der Waals surface area contributed by atoms with E-state index in [0.717, 1.165) is 22.6 Å². The molecule has 1 saturated heterocycles. The second kappa shape index (κ2) is 6.44. The molecule has 0 aromatic heterocycles. The van der Waals surface area contributed by atoms with E-state index in [1.807, 2.05) is 0 Å². The Labute approximate surface area is 125 Å². The Kier molecular flexibility index (Phi) is 6.62. The molecule has 0 unspecified atom stereocenters. The van der Waals surface area contributed by atoms with Crippen LogP contribution in [0.3, 0.4) is 0 Å². The third kappa shape index (κ3) is 3.19. The molecule has 0 radical (unpaired) electrons. The molecule has 0 saturated carbocycles. The van der Waals surface area contributed by atoms with Gasteiger partial charge in [0.05, 0.1) is 0 Å². The van der Waals surface area contributed by atoms with Gasteiger partial charge in [-0.1, -0.05) is 0 Å². The molecular formula is C12H28NP2Te2+. The van der Waals surface area contributed by atoms with Crippen LogP contribution in [0.5, 0.6) is 0 Å². The Hall–Kier alpha value is 2.40. The van der Waals surface area contributed by atoms with E-state index in [4.69, 9.17) is 4.86 Å². The van der Waals surface area contributed by atoms with E-state index < -0.39 is 10.2 Å². The monoisotopic (exact) mass is 508 g/mol. The van der Waals surface area contributed by atoms with Gasteiger partial charge in [-0.15, -0.1) is 0 Å². The quantitative estimate of drug-likeness (QED) is 0.378. The Morgan fingerprint density at radius 3 is 0.941 bits per heavy atom. The summed E-state index contributed by atoms with van der Waals surface area (Å²) in [7, 11) is 0. The van der Waals surface area contributed by atoms with Crippen molar-refractivity contribution in [2.75, 3.05) is 0 Å². The zero-order valence-corrected chi connectivity index (χ0v) is 18.9. The molecule has 1 rings (SSSR count). The van der Waals surface area contributed by atoms with Crippen LogP contribution in [0.15, 0.2) is 0 Å². The summed E-state index contributed by atoms with van der Waals surface area (Å²) in [5.74, 6) is 0. The van der Waals surface area contributed by atoms with Crippen molar-refractivity contribution in [2.45, 2.75) is 78.0 Å². The van der Waals surface area contributed by atoms with Crippen molar-refractivity contribution in [3.8, 4) is 0 Å². The van der Waals surface area contributed by atoms with Crippen LogP contribution < -0.4 is 0 Å². The fraction of sp³-hybridized carbons (Fsp3) is 1.00. The van der Waals surface area contributed by atoms with Crippen LogP contribution in [0.1, 0.15) is 55.4 Å². The fourth-order valence-electron chi connectivity index (χ4n) is 2.31. The van der Waals surface area contributed by atoms with Crippen molar-refractivity contribution in [1.82, 2.24) is 0 Å². The van der Waals surface area contributed by atoms with Crippen molar-refractivity contribution in [3.05, 3.63) is 4.86 Å². The van der Waals surface area contributed by atoms with Crippen LogP contribution in [0.25, 0.3) is 4.86 Å². The fourth-order valence-corrected chi connectivity index (χ4v) is 121. The van der Waals surface area contributed by atoms with E-state index in [1.54, 1.807) is 0 Å². The number of nitrogens with zero attached hydrogens (tertiary/aromatic N) is 1. The van der Waals surface area contributed by atoms with E-state index in [-0.39, 0.29) is 33.0 Å². The van der Waals surface area contributed by atoms with Gasteiger partial charge in [-0.05, 0) is 0 Å². The maximum atomic E-state index is 5.79. The average molecular weight is 504 g/mol. The van der Waals surface area contributed by atoms with Gasteiger partial charge in [0, 0.05) is 0 Å². The minimum atomic E-state index is -0.858. The predicted molar refractivity (Wildman–Crippen MR) is 89.3 cm³/mol. The van der Waals surface area contributed by atoms with Crippen LogP contribution in [0.2, 0.25) is 0 Å². The molecular weight excluding hydrogens is 475 g/mol. The van der Waals surface area contributed by atoms with E-state index in [2.05, 4.69) is 55.4 Å². The van der Waals surface area contributed by atoms with Crippen LogP contribution in [-0.2, 0) is 0 Å². The van der Waals surface area contributed by atoms with Gasteiger partial charge in [0.25, 0.3) is 0 Å². The van der Waals surface area contributed by atoms with Gasteiger partial charge in [0.15, 0.2) is 0 Å². The molecule has 0 atom stereocenters. The van der Waals surface area contributed by atoms with Gasteiger partial charge in [-0.3, -0.25) is 0 Å². The predicted octanol–water partition coefficient (Wildman–Crippen LogP) is 5.03. The van der Waals surface area contributed by atoms with Crippen molar-refractivity contribution < 1.29 is 0 Å². The van der Waals surface area contributed by atoms with Gasteiger partial charge in [-0.25, -0.2) is 0 Å². The zero-order chi connectivity index (χ0) is 13.4. The zero-order valence-electron chi connectivity index (χ0n) is 12.5. The molecule has 17 heavy (non-hydrogen) atoms. The van der Waals surface area contributed by atoms with Crippen LogP contribution >= 0.6 is 10.2 Å². The second-order valence-corrected chi connectivity index (χ2v) is 43.5. The first-order valence-corrected chi connectivity index (χ1v) is 23.8. The molecule has 5 heteroatoms. The Morgan fingerprint density at radius 1 is 0.588 bits per heavy atom. The second-order valence-electron chi connectivity index (χ2n) is 5.96. The summed E-state index contributed by atoms with van der Waals surface area (Å²) in [6.45, 7) is 19.7. The van der Waals surface area contributed by atoms with Gasteiger partial charge in [0.1, 0.15) is 0 Å². The van der Waals surface area contributed by atoms with Gasteiger partial charge in [-0.2, -0.15) is 0 Å². The first-order chi connectivity index (χ1) is 7.69. The molecule has 0 N–H and O–H groups in total. The number of hydrogen-bond donors (Lipinski definition) is 0. The maximum absolute atomic E-state index is 5.79. The van der Waals surface area contributed by atoms with E-state index in [1.165, 1.54) is 0 Å². The first kappa shape index (κ1) is 17.5. The Balaban J connectivity index is 3.06. The summed E-state index contributed by atoms with van der Waals surface area (Å²) >= 11 is 0.555. The van der Waals surface area contributed by atoms with Gasteiger partial charge in [0.2, 0.25) is 0 Å². The molecule has 0 aromatic rings. The molecule has 1 heterocycles. The van der Waals surface area contributed by atoms with Crippen molar-refractivity contribution in [2.24, 2.45) is 0 Å². The molecule has 0 amide bonds. The molecule has 0 aliphatic carbocycles. The standard InChI is InChI=1S/C12H28NP2Te2/c1-9(2)14(10(3)4)13-15(11(5)6,12(7)8)17-16-14/h9-12H,1-8H3/q+1. The van der Waals surface area contributed by atoms with Crippen molar-refractivity contribution in [3.63, 3.8) is 0 Å². The molecule has 1 aliphatic heterocycles. The number of hydrogen-bond acceptors (Lipinski definition) is 0. The van der Waals surface area contributed by atoms with Gasteiger partial charge >= 0.3 is 126 Å². The molecule has 1 nitrogen and oxygen atoms in total. The number of rotatable bonds is 4. The summed E-state index contributed by atoms with van der Waals surface area (Å²) in [6.07, 6.45) is 0. The molecule has 1 aliphatic rings. The molecule has 102 valence electrons.